The van der Waals surface area contributed by atoms with E-state index in [2.05, 4.69) is 20.8 Å². The van der Waals surface area contributed by atoms with Gasteiger partial charge in [-0.3, -0.25) is 0 Å². The lowest BCUT2D eigenvalue weighted by atomic mass is 10.2. The normalized spacial score (nSPS) is 11.4. The number of ether oxygens (including phenoxy) is 1. The third-order valence-corrected chi connectivity index (χ3v) is 2.73. The zero-order valence-electron chi connectivity index (χ0n) is 12.3. The molecule has 0 fully saturated rings. The van der Waals surface area contributed by atoms with Crippen molar-refractivity contribution in [2.45, 2.75) is 0 Å². The number of carbonyl (C=O) groups is 1. The topological polar surface area (TPSA) is 122 Å². The molecule has 0 saturated heterocycles. The molecule has 2 aromatic carbocycles. The average Bonchev–Trinajstić information content (AvgIpc) is 2.56. The van der Waals surface area contributed by atoms with Gasteiger partial charge in [-0.15, -0.1) is 15.3 Å². The number of rotatable bonds is 4. The van der Waals surface area contributed by atoms with E-state index in [1.807, 2.05) is 18.2 Å². The second-order valence-electron chi connectivity index (χ2n) is 4.33. The van der Waals surface area contributed by atoms with Gasteiger partial charge in [-0.25, -0.2) is 10.2 Å². The van der Waals surface area contributed by atoms with Gasteiger partial charge < -0.3 is 15.6 Å². The Morgan fingerprint density at radius 3 is 2.61 bits per heavy atom. The quantitative estimate of drug-likeness (QED) is 0.348. The van der Waals surface area contributed by atoms with E-state index in [1.54, 1.807) is 18.2 Å². The number of phenolic OH excluding ortho intramolecular Hbond substituents is 1. The first-order valence-electron chi connectivity index (χ1n) is 6.57. The number of nitrogens with two attached hydrogens (primary N) is 1. The van der Waals surface area contributed by atoms with E-state index in [0.29, 0.717) is 11.3 Å². The fourth-order valence-corrected chi connectivity index (χ4v) is 1.67. The molecule has 0 aromatic heterocycles. The number of nitrogens with one attached hydrogen (secondary N) is 1. The molecular weight excluding hydrogens is 298 g/mol. The Bertz CT molecular complexity index is 744. The van der Waals surface area contributed by atoms with Crippen LogP contribution >= 0.6 is 0 Å². The summed E-state index contributed by atoms with van der Waals surface area (Å²) < 4.78 is 5.03. The summed E-state index contributed by atoms with van der Waals surface area (Å²) in [6, 6.07) is 12.7. The molecule has 0 heterocycles. The molecule has 23 heavy (non-hydrogen) atoms. The van der Waals surface area contributed by atoms with Gasteiger partial charge in [0.05, 0.1) is 12.8 Å². The van der Waals surface area contributed by atoms with Crippen LogP contribution in [0.25, 0.3) is 0 Å². The van der Waals surface area contributed by atoms with E-state index in [1.165, 1.54) is 19.2 Å². The summed E-state index contributed by atoms with van der Waals surface area (Å²) in [4.78, 5) is 10.9. The molecule has 2 amide bonds. The van der Waals surface area contributed by atoms with Crippen molar-refractivity contribution in [3.05, 3.63) is 54.1 Å². The highest BCUT2D eigenvalue weighted by molar-refractivity contribution is 6.00. The van der Waals surface area contributed by atoms with Crippen LogP contribution in [-0.4, -0.2) is 24.1 Å². The van der Waals surface area contributed by atoms with Gasteiger partial charge in [-0.05, 0) is 30.3 Å². The Morgan fingerprint density at radius 2 is 1.96 bits per heavy atom. The molecule has 0 aliphatic rings. The van der Waals surface area contributed by atoms with Crippen molar-refractivity contribution in [1.29, 1.82) is 0 Å². The van der Waals surface area contributed by atoms with E-state index in [0.717, 1.165) is 0 Å². The maximum absolute atomic E-state index is 10.9. The van der Waals surface area contributed by atoms with Gasteiger partial charge in [0.15, 0.2) is 11.5 Å². The lowest BCUT2D eigenvalue weighted by molar-refractivity contribution is 0.249. The minimum absolute atomic E-state index is 0.0292. The van der Waals surface area contributed by atoms with Crippen LogP contribution in [0.4, 0.5) is 10.5 Å². The number of urea groups is 1. The zero-order chi connectivity index (χ0) is 16.7. The van der Waals surface area contributed by atoms with Crippen molar-refractivity contribution in [3.63, 3.8) is 0 Å². The van der Waals surface area contributed by atoms with Gasteiger partial charge in [-0.1, -0.05) is 18.2 Å². The van der Waals surface area contributed by atoms with E-state index in [4.69, 9.17) is 10.5 Å². The summed E-state index contributed by atoms with van der Waals surface area (Å²) in [6.07, 6.45) is 0. The molecule has 2 aromatic rings. The van der Waals surface area contributed by atoms with E-state index in [9.17, 15) is 9.90 Å². The number of phenols is 1. The maximum Gasteiger partial charge on any atom is 0.332 e. The molecule has 8 heteroatoms. The minimum Gasteiger partial charge on any atom is -0.504 e. The number of aromatic hydroxyl groups is 1. The third kappa shape index (κ3) is 4.53. The molecule has 8 nitrogen and oxygen atoms in total. The summed E-state index contributed by atoms with van der Waals surface area (Å²) in [5, 5.41) is 21.5. The molecule has 0 radical (unpaired) electrons. The van der Waals surface area contributed by atoms with Gasteiger partial charge in [0.1, 0.15) is 0 Å². The Balaban J connectivity index is 2.36. The van der Waals surface area contributed by atoms with Crippen LogP contribution < -0.4 is 15.9 Å². The average molecular weight is 313 g/mol. The number of hydrazone groups is 1. The van der Waals surface area contributed by atoms with Gasteiger partial charge in [-0.2, -0.15) is 0 Å². The smallest absolute Gasteiger partial charge is 0.332 e. The van der Waals surface area contributed by atoms with Gasteiger partial charge >= 0.3 is 6.03 Å². The number of carbonyl (C=O) groups excluding carboxylic acids is 1. The van der Waals surface area contributed by atoms with Crippen LogP contribution in [0.15, 0.2) is 63.9 Å². The van der Waals surface area contributed by atoms with Crippen LogP contribution in [0.5, 0.6) is 11.5 Å². The summed E-state index contributed by atoms with van der Waals surface area (Å²) >= 11 is 0. The maximum atomic E-state index is 10.9. The molecule has 4 N–H and O–H groups in total. The lowest BCUT2D eigenvalue weighted by Gasteiger charge is -2.06. The number of amides is 2. The molecule has 118 valence electrons. The summed E-state index contributed by atoms with van der Waals surface area (Å²) in [6.45, 7) is 0. The predicted octanol–water partition coefficient (Wildman–Crippen LogP) is 2.51. The van der Waals surface area contributed by atoms with Crippen LogP contribution in [0, 0.1) is 0 Å². The van der Waals surface area contributed by atoms with Crippen molar-refractivity contribution >= 4 is 17.6 Å². The molecule has 0 spiro atoms. The number of methoxy groups -OCH3 is 1. The lowest BCUT2D eigenvalue weighted by Crippen LogP contribution is -2.25. The van der Waals surface area contributed by atoms with Crippen LogP contribution in [0.2, 0.25) is 0 Å². The SMILES string of the molecule is COc1cc(/C(N=Nc2ccccc2)=N/NC(N)=O)ccc1O. The second-order valence-corrected chi connectivity index (χ2v) is 4.33. The zero-order valence-corrected chi connectivity index (χ0v) is 12.3. The molecule has 2 rings (SSSR count). The van der Waals surface area contributed by atoms with Gasteiger partial charge in [0, 0.05) is 5.56 Å². The number of hydrogen-bond acceptors (Lipinski definition) is 5. The molecule has 0 saturated carbocycles. The number of benzene rings is 2. The van der Waals surface area contributed by atoms with E-state index in [-0.39, 0.29) is 17.3 Å². The number of nitrogens with zero attached hydrogens (tertiary/aromatic N) is 3. The van der Waals surface area contributed by atoms with E-state index >= 15 is 0 Å². The highest BCUT2D eigenvalue weighted by atomic mass is 16.5. The largest absolute Gasteiger partial charge is 0.504 e. The summed E-state index contributed by atoms with van der Waals surface area (Å²) in [5.41, 5.74) is 8.21. The molecule has 0 aliphatic carbocycles. The Labute approximate surface area is 132 Å². The minimum atomic E-state index is -0.830. The van der Waals surface area contributed by atoms with Crippen molar-refractivity contribution in [1.82, 2.24) is 5.43 Å². The molecule has 0 aliphatic heterocycles. The van der Waals surface area contributed by atoms with Crippen LogP contribution in [0.3, 0.4) is 0 Å². The Morgan fingerprint density at radius 1 is 1.22 bits per heavy atom. The summed E-state index contributed by atoms with van der Waals surface area (Å²) in [7, 11) is 1.42. The van der Waals surface area contributed by atoms with Gasteiger partial charge in [0.2, 0.25) is 5.84 Å². The Hall–Kier alpha value is -3.42. The fourth-order valence-electron chi connectivity index (χ4n) is 1.67. The van der Waals surface area contributed by atoms with Gasteiger partial charge in [0.25, 0.3) is 0 Å². The molecular formula is C15H15N5O3. The van der Waals surface area contributed by atoms with Crippen molar-refractivity contribution in [2.24, 2.45) is 21.1 Å². The molecule has 0 bridgehead atoms. The second kappa shape index (κ2) is 7.55. The van der Waals surface area contributed by atoms with Crippen molar-refractivity contribution < 1.29 is 14.6 Å². The number of hydrogen-bond donors (Lipinski definition) is 3. The van der Waals surface area contributed by atoms with Crippen LogP contribution in [-0.2, 0) is 0 Å². The van der Waals surface area contributed by atoms with E-state index < -0.39 is 6.03 Å². The first-order valence-corrected chi connectivity index (χ1v) is 6.57. The Kier molecular flexibility index (Phi) is 5.24. The highest BCUT2D eigenvalue weighted by Crippen LogP contribution is 2.27. The third-order valence-electron chi connectivity index (χ3n) is 2.73. The van der Waals surface area contributed by atoms with Crippen molar-refractivity contribution in [2.75, 3.05) is 7.11 Å². The standard InChI is InChI=1S/C15H15N5O3/c1-23-13-9-10(7-8-12(13)21)14(19-20-15(16)22)18-17-11-5-3-2-4-6-11/h2-9,21H,1H3,(H3,16,20,22)/b18-17?,19-14-. The first kappa shape index (κ1) is 16.0. The number of amidine groups is 1. The van der Waals surface area contributed by atoms with Crippen LogP contribution in [0.1, 0.15) is 5.56 Å². The molecule has 0 atom stereocenters. The fraction of sp³-hybridized carbons (Fsp3) is 0.0667. The summed E-state index contributed by atoms with van der Waals surface area (Å²) in [5.74, 6) is 0.314. The highest BCUT2D eigenvalue weighted by Gasteiger charge is 2.09. The van der Waals surface area contributed by atoms with Crippen molar-refractivity contribution in [3.8, 4) is 11.5 Å². The first-order chi connectivity index (χ1) is 11.1. The number of primary amides is 1. The molecule has 0 unspecified atom stereocenters. The predicted molar refractivity (Wildman–Crippen MR) is 84.9 cm³/mol. The monoisotopic (exact) mass is 313 g/mol. The number of azo groups is 1.